The van der Waals surface area contributed by atoms with Crippen molar-refractivity contribution >= 4 is 17.1 Å². The number of ether oxygens (including phenoxy) is 1. The summed E-state index contributed by atoms with van der Waals surface area (Å²) in [6.07, 6.45) is 7.37. The summed E-state index contributed by atoms with van der Waals surface area (Å²) in [4.78, 5) is 25.7. The first kappa shape index (κ1) is 21.9. The maximum absolute atomic E-state index is 12.3. The molecule has 5 rings (SSSR count). The van der Waals surface area contributed by atoms with Crippen molar-refractivity contribution in [2.45, 2.75) is 6.04 Å². The van der Waals surface area contributed by atoms with Gasteiger partial charge in [0.15, 0.2) is 5.65 Å². The number of fused-ring (bicyclic) bond motifs is 1. The standard InChI is InChI=1S/C27H27N5O2/c1-30(2)15-6-9-26(33)31-18-21(19-31)32-16-14-24-27(32)29-25(17-28-24)20-10-12-23(13-11-20)34-22-7-4-3-5-8-22/h3-14,16-17,21H,15,18-19H2,1-2H3. The van der Waals surface area contributed by atoms with Crippen LogP contribution in [0.4, 0.5) is 0 Å². The third-order valence-electron chi connectivity index (χ3n) is 5.85. The van der Waals surface area contributed by atoms with Gasteiger partial charge in [0.05, 0.1) is 17.9 Å². The van der Waals surface area contributed by atoms with Crippen molar-refractivity contribution < 1.29 is 9.53 Å². The number of likely N-dealkylation sites (tertiary alicyclic amines) is 1. The van der Waals surface area contributed by atoms with Gasteiger partial charge in [0.25, 0.3) is 0 Å². The number of hydrogen-bond acceptors (Lipinski definition) is 5. The molecule has 34 heavy (non-hydrogen) atoms. The topological polar surface area (TPSA) is 63.5 Å². The Kier molecular flexibility index (Phi) is 6.10. The fourth-order valence-electron chi connectivity index (χ4n) is 3.95. The Morgan fingerprint density at radius 1 is 1.06 bits per heavy atom. The molecule has 4 aromatic rings. The van der Waals surface area contributed by atoms with Crippen LogP contribution in [0.3, 0.4) is 0 Å². The molecule has 0 N–H and O–H groups in total. The van der Waals surface area contributed by atoms with Crippen molar-refractivity contribution in [1.82, 2.24) is 24.3 Å². The maximum atomic E-state index is 12.3. The Morgan fingerprint density at radius 2 is 1.79 bits per heavy atom. The molecule has 0 aliphatic carbocycles. The first-order valence-electron chi connectivity index (χ1n) is 11.3. The summed E-state index contributed by atoms with van der Waals surface area (Å²) in [5, 5.41) is 0. The van der Waals surface area contributed by atoms with Gasteiger partial charge in [0.1, 0.15) is 17.0 Å². The highest BCUT2D eigenvalue weighted by molar-refractivity contribution is 5.88. The summed E-state index contributed by atoms with van der Waals surface area (Å²) >= 11 is 0. The number of likely N-dealkylation sites (N-methyl/N-ethyl adjacent to an activating group) is 1. The number of amides is 1. The Hall–Kier alpha value is -3.97. The monoisotopic (exact) mass is 453 g/mol. The minimum Gasteiger partial charge on any atom is -0.457 e. The lowest BCUT2D eigenvalue weighted by Gasteiger charge is -2.39. The molecule has 0 unspecified atom stereocenters. The normalized spacial score (nSPS) is 14.1. The van der Waals surface area contributed by atoms with Crippen molar-refractivity contribution in [3.8, 4) is 22.8 Å². The maximum Gasteiger partial charge on any atom is 0.246 e. The lowest BCUT2D eigenvalue weighted by atomic mass is 10.1. The highest BCUT2D eigenvalue weighted by Gasteiger charge is 2.31. The van der Waals surface area contributed by atoms with Gasteiger partial charge in [-0.05, 0) is 56.6 Å². The lowest BCUT2D eigenvalue weighted by molar-refractivity contribution is -0.131. The molecule has 2 aromatic heterocycles. The average Bonchev–Trinajstić information content (AvgIpc) is 3.22. The molecule has 1 aliphatic rings. The molecule has 1 amide bonds. The van der Waals surface area contributed by atoms with Crippen molar-refractivity contribution in [3.63, 3.8) is 0 Å². The van der Waals surface area contributed by atoms with Gasteiger partial charge < -0.3 is 19.1 Å². The van der Waals surface area contributed by atoms with Gasteiger partial charge in [-0.15, -0.1) is 0 Å². The number of para-hydroxylation sites is 1. The molecule has 2 aromatic carbocycles. The van der Waals surface area contributed by atoms with Crippen LogP contribution in [0.25, 0.3) is 22.4 Å². The molecule has 1 saturated heterocycles. The van der Waals surface area contributed by atoms with Gasteiger partial charge in [0.2, 0.25) is 5.91 Å². The summed E-state index contributed by atoms with van der Waals surface area (Å²) in [6.45, 7) is 2.10. The largest absolute Gasteiger partial charge is 0.457 e. The first-order chi connectivity index (χ1) is 16.6. The molecule has 3 heterocycles. The van der Waals surface area contributed by atoms with Gasteiger partial charge >= 0.3 is 0 Å². The van der Waals surface area contributed by atoms with E-state index >= 15 is 0 Å². The number of aromatic nitrogens is 3. The van der Waals surface area contributed by atoms with E-state index in [2.05, 4.69) is 9.55 Å². The van der Waals surface area contributed by atoms with Crippen LogP contribution in [-0.4, -0.2) is 64.0 Å². The molecule has 0 bridgehead atoms. The number of hydrogen-bond donors (Lipinski definition) is 0. The minimum absolute atomic E-state index is 0.0548. The molecule has 172 valence electrons. The van der Waals surface area contributed by atoms with Gasteiger partial charge in [-0.2, -0.15) is 0 Å². The first-order valence-corrected chi connectivity index (χ1v) is 11.3. The van der Waals surface area contributed by atoms with E-state index in [1.54, 1.807) is 12.3 Å². The number of nitrogens with zero attached hydrogens (tertiary/aromatic N) is 5. The average molecular weight is 454 g/mol. The van der Waals surface area contributed by atoms with Crippen LogP contribution in [0.15, 0.2) is 85.2 Å². The van der Waals surface area contributed by atoms with Crippen molar-refractivity contribution in [1.29, 1.82) is 0 Å². The molecule has 0 atom stereocenters. The summed E-state index contributed by atoms with van der Waals surface area (Å²) in [5.41, 5.74) is 3.46. The van der Waals surface area contributed by atoms with Crippen LogP contribution in [0.1, 0.15) is 6.04 Å². The van der Waals surface area contributed by atoms with Crippen LogP contribution in [-0.2, 0) is 4.79 Å². The predicted molar refractivity (Wildman–Crippen MR) is 133 cm³/mol. The molecule has 0 saturated carbocycles. The van der Waals surface area contributed by atoms with Crippen LogP contribution >= 0.6 is 0 Å². The highest BCUT2D eigenvalue weighted by atomic mass is 16.5. The molecule has 1 aliphatic heterocycles. The van der Waals surface area contributed by atoms with Crippen molar-refractivity contribution in [2.24, 2.45) is 0 Å². The van der Waals surface area contributed by atoms with Gasteiger partial charge in [-0.3, -0.25) is 9.78 Å². The number of benzene rings is 2. The zero-order valence-corrected chi connectivity index (χ0v) is 19.3. The molecule has 0 spiro atoms. The number of carbonyl (C=O) groups is 1. The van der Waals surface area contributed by atoms with E-state index in [0.29, 0.717) is 13.1 Å². The van der Waals surface area contributed by atoms with Gasteiger partial charge in [-0.25, -0.2) is 4.98 Å². The molecule has 7 nitrogen and oxygen atoms in total. The Bertz CT molecular complexity index is 1310. The summed E-state index contributed by atoms with van der Waals surface area (Å²) in [7, 11) is 3.96. The van der Waals surface area contributed by atoms with E-state index in [0.717, 1.165) is 40.5 Å². The Morgan fingerprint density at radius 3 is 2.53 bits per heavy atom. The van der Waals surface area contributed by atoms with E-state index < -0.39 is 0 Å². The zero-order valence-electron chi connectivity index (χ0n) is 19.3. The van der Waals surface area contributed by atoms with E-state index in [1.807, 2.05) is 96.8 Å². The van der Waals surface area contributed by atoms with Crippen molar-refractivity contribution in [2.75, 3.05) is 33.7 Å². The third kappa shape index (κ3) is 4.70. The summed E-state index contributed by atoms with van der Waals surface area (Å²) < 4.78 is 8.02. The van der Waals surface area contributed by atoms with Crippen LogP contribution < -0.4 is 4.74 Å². The zero-order chi connectivity index (χ0) is 23.5. The third-order valence-corrected chi connectivity index (χ3v) is 5.85. The quantitative estimate of drug-likeness (QED) is 0.388. The second kappa shape index (κ2) is 9.49. The molecule has 0 radical (unpaired) electrons. The van der Waals surface area contributed by atoms with E-state index in [9.17, 15) is 4.79 Å². The smallest absolute Gasteiger partial charge is 0.246 e. The molecular formula is C27H27N5O2. The fourth-order valence-corrected chi connectivity index (χ4v) is 3.95. The number of rotatable bonds is 7. The summed E-state index contributed by atoms with van der Waals surface area (Å²) in [6, 6.07) is 19.7. The Balaban J connectivity index is 1.28. The van der Waals surface area contributed by atoms with E-state index in [-0.39, 0.29) is 11.9 Å². The van der Waals surface area contributed by atoms with Crippen molar-refractivity contribution in [3.05, 3.63) is 85.2 Å². The fraction of sp³-hybridized carbons (Fsp3) is 0.222. The minimum atomic E-state index is 0.0548. The summed E-state index contributed by atoms with van der Waals surface area (Å²) in [5.74, 6) is 1.63. The molecule has 1 fully saturated rings. The second-order valence-corrected chi connectivity index (χ2v) is 8.69. The Labute approximate surface area is 198 Å². The van der Waals surface area contributed by atoms with Crippen LogP contribution in [0.2, 0.25) is 0 Å². The van der Waals surface area contributed by atoms with Gasteiger partial charge in [-0.1, -0.05) is 24.3 Å². The van der Waals surface area contributed by atoms with Gasteiger partial charge in [0, 0.05) is 37.5 Å². The predicted octanol–water partition coefficient (Wildman–Crippen LogP) is 4.39. The highest BCUT2D eigenvalue weighted by Crippen LogP contribution is 2.28. The molecular weight excluding hydrogens is 426 g/mol. The van der Waals surface area contributed by atoms with Crippen LogP contribution in [0.5, 0.6) is 11.5 Å². The number of carbonyl (C=O) groups excluding carboxylic acids is 1. The van der Waals surface area contributed by atoms with E-state index in [1.165, 1.54) is 0 Å². The molecule has 7 heteroatoms. The van der Waals surface area contributed by atoms with Crippen LogP contribution in [0, 0.1) is 0 Å². The van der Waals surface area contributed by atoms with E-state index in [4.69, 9.17) is 9.72 Å². The lowest BCUT2D eigenvalue weighted by Crippen LogP contribution is -2.50. The SMILES string of the molecule is CN(C)CC=CC(=O)N1CC(n2ccc3ncc(-c4ccc(Oc5ccccc5)cc4)nc32)C1. The second-order valence-electron chi connectivity index (χ2n) is 8.69.